The van der Waals surface area contributed by atoms with Crippen LogP contribution in [-0.4, -0.2) is 70.9 Å². The number of urea groups is 1. The summed E-state index contributed by atoms with van der Waals surface area (Å²) in [5.74, 6) is -0.623. The Balaban J connectivity index is 2.08. The molecular formula is C15H21N3O4S. The van der Waals surface area contributed by atoms with Gasteiger partial charge in [0.1, 0.15) is 6.04 Å². The highest BCUT2D eigenvalue weighted by molar-refractivity contribution is 7.10. The summed E-state index contributed by atoms with van der Waals surface area (Å²) in [5, 5.41) is 11.2. The summed E-state index contributed by atoms with van der Waals surface area (Å²) < 4.78 is 0. The maximum atomic E-state index is 12.5. The number of nitrogens with zero attached hydrogens (tertiary/aromatic N) is 3. The highest BCUT2D eigenvalue weighted by Gasteiger charge is 2.42. The molecule has 1 N–H and O–H groups in total. The highest BCUT2D eigenvalue weighted by atomic mass is 32.1. The normalized spacial score (nSPS) is 18.0. The fraction of sp³-hybridized carbons (Fsp3) is 0.533. The van der Waals surface area contributed by atoms with Gasteiger partial charge in [-0.15, -0.1) is 11.3 Å². The Labute approximate surface area is 139 Å². The number of aryl methyl sites for hydroxylation is 1. The molecule has 0 bridgehead atoms. The first-order chi connectivity index (χ1) is 10.9. The van der Waals surface area contributed by atoms with E-state index in [9.17, 15) is 19.5 Å². The Hall–Kier alpha value is -1.93. The molecule has 126 valence electrons. The number of hydrogen-bond acceptors (Lipinski definition) is 5. The number of rotatable bonds is 6. The van der Waals surface area contributed by atoms with Gasteiger partial charge in [0.15, 0.2) is 0 Å². The van der Waals surface area contributed by atoms with Crippen molar-refractivity contribution < 1.29 is 19.5 Å². The van der Waals surface area contributed by atoms with E-state index in [0.717, 1.165) is 15.3 Å². The van der Waals surface area contributed by atoms with Crippen LogP contribution >= 0.6 is 11.3 Å². The van der Waals surface area contributed by atoms with Gasteiger partial charge in [0.25, 0.3) is 5.91 Å². The maximum Gasteiger partial charge on any atom is 0.326 e. The zero-order valence-electron chi connectivity index (χ0n) is 13.5. The van der Waals surface area contributed by atoms with Crippen molar-refractivity contribution in [1.29, 1.82) is 0 Å². The lowest BCUT2D eigenvalue weighted by atomic mass is 10.1. The van der Waals surface area contributed by atoms with Crippen LogP contribution in [0.1, 0.15) is 16.9 Å². The Bertz CT molecular complexity index is 616. The average molecular weight is 339 g/mol. The van der Waals surface area contributed by atoms with Crippen LogP contribution in [0.15, 0.2) is 11.4 Å². The molecule has 1 aromatic heterocycles. The Morgan fingerprint density at radius 3 is 2.57 bits per heavy atom. The van der Waals surface area contributed by atoms with Crippen LogP contribution in [0.25, 0.3) is 0 Å². The van der Waals surface area contributed by atoms with Crippen molar-refractivity contribution in [3.05, 3.63) is 21.9 Å². The molecule has 1 atom stereocenters. The number of aliphatic hydroxyl groups is 1. The van der Waals surface area contributed by atoms with E-state index in [2.05, 4.69) is 0 Å². The number of aliphatic hydroxyl groups excluding tert-OH is 1. The van der Waals surface area contributed by atoms with Crippen LogP contribution in [0.2, 0.25) is 0 Å². The van der Waals surface area contributed by atoms with Gasteiger partial charge in [0.2, 0.25) is 5.91 Å². The minimum Gasteiger partial charge on any atom is -0.395 e. The molecular weight excluding hydrogens is 318 g/mol. The van der Waals surface area contributed by atoms with Gasteiger partial charge in [-0.25, -0.2) is 4.79 Å². The summed E-state index contributed by atoms with van der Waals surface area (Å²) in [7, 11) is 2.92. The summed E-state index contributed by atoms with van der Waals surface area (Å²) in [4.78, 5) is 41.3. The minimum absolute atomic E-state index is 0.0736. The molecule has 1 saturated heterocycles. The molecule has 2 rings (SSSR count). The average Bonchev–Trinajstić information content (AvgIpc) is 3.00. The smallest absolute Gasteiger partial charge is 0.326 e. The van der Waals surface area contributed by atoms with Crippen molar-refractivity contribution in [2.45, 2.75) is 25.9 Å². The molecule has 2 heterocycles. The molecule has 0 saturated carbocycles. The number of thiophene rings is 1. The number of amides is 4. The van der Waals surface area contributed by atoms with Crippen LogP contribution in [0, 0.1) is 6.92 Å². The van der Waals surface area contributed by atoms with Crippen molar-refractivity contribution in [2.75, 3.05) is 27.2 Å². The van der Waals surface area contributed by atoms with Gasteiger partial charge in [0.05, 0.1) is 19.6 Å². The topological polar surface area (TPSA) is 81.2 Å². The lowest BCUT2D eigenvalue weighted by Gasteiger charge is -2.24. The van der Waals surface area contributed by atoms with Crippen LogP contribution in [-0.2, 0) is 16.1 Å². The number of imide groups is 1. The van der Waals surface area contributed by atoms with Crippen molar-refractivity contribution in [2.24, 2.45) is 0 Å². The molecule has 0 aliphatic carbocycles. The van der Waals surface area contributed by atoms with Gasteiger partial charge in [-0.2, -0.15) is 0 Å². The first-order valence-electron chi connectivity index (χ1n) is 7.32. The predicted molar refractivity (Wildman–Crippen MR) is 85.9 cm³/mol. The van der Waals surface area contributed by atoms with E-state index >= 15 is 0 Å². The van der Waals surface area contributed by atoms with E-state index in [4.69, 9.17) is 0 Å². The van der Waals surface area contributed by atoms with Crippen molar-refractivity contribution in [1.82, 2.24) is 14.7 Å². The van der Waals surface area contributed by atoms with E-state index in [1.165, 1.54) is 23.9 Å². The maximum absolute atomic E-state index is 12.5. The molecule has 4 amide bonds. The van der Waals surface area contributed by atoms with Crippen LogP contribution < -0.4 is 0 Å². The van der Waals surface area contributed by atoms with Gasteiger partial charge in [-0.05, 0) is 23.9 Å². The third-order valence-corrected chi connectivity index (χ3v) is 5.07. The summed E-state index contributed by atoms with van der Waals surface area (Å²) in [6.45, 7) is 2.42. The zero-order chi connectivity index (χ0) is 17.1. The van der Waals surface area contributed by atoms with Crippen LogP contribution in [0.5, 0.6) is 0 Å². The molecule has 1 aliphatic heterocycles. The Morgan fingerprint density at radius 2 is 2.09 bits per heavy atom. The summed E-state index contributed by atoms with van der Waals surface area (Å²) >= 11 is 1.55. The second kappa shape index (κ2) is 7.10. The lowest BCUT2D eigenvalue weighted by molar-refractivity contribution is -0.137. The molecule has 0 aromatic carbocycles. The molecule has 0 radical (unpaired) electrons. The van der Waals surface area contributed by atoms with Crippen LogP contribution in [0.4, 0.5) is 4.79 Å². The summed E-state index contributed by atoms with van der Waals surface area (Å²) in [6, 6.07) is 0.796. The summed E-state index contributed by atoms with van der Waals surface area (Å²) in [6.07, 6.45) is -0.0736. The van der Waals surface area contributed by atoms with E-state index in [1.54, 1.807) is 11.3 Å². The standard InChI is InChI=1S/C15H21N3O4S/c1-10-4-7-23-12(10)9-18(5-6-19)13(20)8-11-14(21)17(3)15(22)16(11)2/h4,7,11,19H,5-6,8-9H2,1-3H3. The van der Waals surface area contributed by atoms with Gasteiger partial charge < -0.3 is 14.9 Å². The first-order valence-corrected chi connectivity index (χ1v) is 8.20. The van der Waals surface area contributed by atoms with Gasteiger partial charge in [-0.3, -0.25) is 14.5 Å². The Kier molecular flexibility index (Phi) is 5.38. The summed E-state index contributed by atoms with van der Waals surface area (Å²) in [5.41, 5.74) is 1.09. The van der Waals surface area contributed by atoms with Gasteiger partial charge in [-0.1, -0.05) is 0 Å². The van der Waals surface area contributed by atoms with Crippen molar-refractivity contribution in [3.63, 3.8) is 0 Å². The third-order valence-electron chi connectivity index (χ3n) is 4.07. The molecule has 23 heavy (non-hydrogen) atoms. The molecule has 1 aliphatic rings. The molecule has 1 aromatic rings. The number of carbonyl (C=O) groups is 3. The van der Waals surface area contributed by atoms with E-state index in [1.807, 2.05) is 18.4 Å². The van der Waals surface area contributed by atoms with E-state index in [-0.39, 0.29) is 31.4 Å². The van der Waals surface area contributed by atoms with Gasteiger partial charge in [0, 0.05) is 25.5 Å². The third kappa shape index (κ3) is 3.53. The first kappa shape index (κ1) is 17.4. The molecule has 8 heteroatoms. The second-order valence-electron chi connectivity index (χ2n) is 5.58. The quantitative estimate of drug-likeness (QED) is 0.772. The van der Waals surface area contributed by atoms with Gasteiger partial charge >= 0.3 is 6.03 Å². The zero-order valence-corrected chi connectivity index (χ0v) is 14.3. The molecule has 1 fully saturated rings. The van der Waals surface area contributed by atoms with Crippen LogP contribution in [0.3, 0.4) is 0 Å². The molecule has 7 nitrogen and oxygen atoms in total. The number of carbonyl (C=O) groups excluding carboxylic acids is 3. The predicted octanol–water partition coefficient (Wildman–Crippen LogP) is 0.660. The lowest BCUT2D eigenvalue weighted by Crippen LogP contribution is -2.40. The second-order valence-corrected chi connectivity index (χ2v) is 6.58. The molecule has 1 unspecified atom stereocenters. The monoisotopic (exact) mass is 339 g/mol. The largest absolute Gasteiger partial charge is 0.395 e. The van der Waals surface area contributed by atoms with Crippen molar-refractivity contribution >= 4 is 29.2 Å². The number of hydrogen-bond donors (Lipinski definition) is 1. The fourth-order valence-electron chi connectivity index (χ4n) is 2.52. The van der Waals surface area contributed by atoms with E-state index in [0.29, 0.717) is 6.54 Å². The number of likely N-dealkylation sites (N-methyl/N-ethyl adjacent to an activating group) is 2. The molecule has 0 spiro atoms. The fourth-order valence-corrected chi connectivity index (χ4v) is 3.44. The van der Waals surface area contributed by atoms with Crippen molar-refractivity contribution in [3.8, 4) is 0 Å². The van der Waals surface area contributed by atoms with E-state index < -0.39 is 12.1 Å². The SMILES string of the molecule is Cc1ccsc1CN(CCO)C(=O)CC1C(=O)N(C)C(=O)N1C. The highest BCUT2D eigenvalue weighted by Crippen LogP contribution is 2.21. The minimum atomic E-state index is -0.773. The Morgan fingerprint density at radius 1 is 1.39 bits per heavy atom.